The number of fused-ring (bicyclic) bond motifs is 1. The molecule has 0 aliphatic heterocycles. The van der Waals surface area contributed by atoms with Gasteiger partial charge in [0.2, 0.25) is 0 Å². The maximum Gasteiger partial charge on any atom is 0.0393 e. The van der Waals surface area contributed by atoms with E-state index in [1.807, 2.05) is 13.1 Å². The molecule has 2 heteroatoms. The average Bonchev–Trinajstić information content (AvgIpc) is 2.74. The van der Waals surface area contributed by atoms with E-state index in [0.29, 0.717) is 0 Å². The van der Waals surface area contributed by atoms with Gasteiger partial charge >= 0.3 is 0 Å². The summed E-state index contributed by atoms with van der Waals surface area (Å²) in [6, 6.07) is 4.92. The lowest BCUT2D eigenvalue weighted by Crippen LogP contribution is -2.16. The molecule has 2 aliphatic carbocycles. The third kappa shape index (κ3) is 1.49. The van der Waals surface area contributed by atoms with Crippen LogP contribution in [0.15, 0.2) is 18.3 Å². The Morgan fingerprint density at radius 2 is 2.07 bits per heavy atom. The molecule has 3 rings (SSSR count). The number of anilines is 1. The van der Waals surface area contributed by atoms with Crippen molar-refractivity contribution in [3.8, 4) is 0 Å². The molecule has 0 spiro atoms. The van der Waals surface area contributed by atoms with Crippen LogP contribution in [-0.2, 0) is 0 Å². The molecule has 1 N–H and O–H groups in total. The summed E-state index contributed by atoms with van der Waals surface area (Å²) in [5, 5.41) is 3.60. The minimum atomic E-state index is 0.723. The number of rotatable bonds is 2. The molecule has 2 atom stereocenters. The first-order valence-corrected chi connectivity index (χ1v) is 5.50. The highest BCUT2D eigenvalue weighted by Crippen LogP contribution is 2.52. The lowest BCUT2D eigenvalue weighted by molar-refractivity contribution is 0.651. The third-order valence-corrected chi connectivity index (χ3v) is 3.51. The van der Waals surface area contributed by atoms with Gasteiger partial charge in [-0.05, 0) is 50.2 Å². The first-order valence-electron chi connectivity index (χ1n) is 5.50. The van der Waals surface area contributed by atoms with Gasteiger partial charge in [0, 0.05) is 23.6 Å². The molecular weight excluding hydrogens is 172 g/mol. The van der Waals surface area contributed by atoms with Crippen LogP contribution in [-0.4, -0.2) is 11.0 Å². The van der Waals surface area contributed by atoms with Gasteiger partial charge in [-0.15, -0.1) is 0 Å². The fourth-order valence-corrected chi connectivity index (χ4v) is 2.70. The molecule has 2 aliphatic rings. The largest absolute Gasteiger partial charge is 0.382 e. The lowest BCUT2D eigenvalue weighted by atomic mass is 10.1. The third-order valence-electron chi connectivity index (χ3n) is 3.51. The molecule has 0 saturated heterocycles. The van der Waals surface area contributed by atoms with Crippen LogP contribution in [0.25, 0.3) is 0 Å². The van der Waals surface area contributed by atoms with Crippen molar-refractivity contribution < 1.29 is 0 Å². The number of hydrogen-bond donors (Lipinski definition) is 1. The second-order valence-corrected chi connectivity index (χ2v) is 4.75. The fraction of sp³-hybridized carbons (Fsp3) is 0.583. The Bertz CT molecular complexity index is 338. The Balaban J connectivity index is 1.66. The van der Waals surface area contributed by atoms with Crippen LogP contribution in [0.5, 0.6) is 0 Å². The second-order valence-electron chi connectivity index (χ2n) is 4.75. The minimum absolute atomic E-state index is 0.723. The molecule has 0 bridgehead atoms. The molecular formula is C12H16N2. The van der Waals surface area contributed by atoms with E-state index in [1.165, 1.54) is 24.9 Å². The molecule has 2 saturated carbocycles. The zero-order chi connectivity index (χ0) is 9.54. The fourth-order valence-electron chi connectivity index (χ4n) is 2.70. The Labute approximate surface area is 84.7 Å². The molecule has 74 valence electrons. The van der Waals surface area contributed by atoms with Crippen LogP contribution < -0.4 is 5.32 Å². The van der Waals surface area contributed by atoms with Crippen molar-refractivity contribution in [2.75, 3.05) is 5.32 Å². The Hall–Kier alpha value is -1.05. The summed E-state index contributed by atoms with van der Waals surface area (Å²) in [5.41, 5.74) is 2.34. The Morgan fingerprint density at radius 3 is 2.79 bits per heavy atom. The van der Waals surface area contributed by atoms with E-state index in [1.54, 1.807) is 0 Å². The smallest absolute Gasteiger partial charge is 0.0393 e. The maximum atomic E-state index is 4.20. The van der Waals surface area contributed by atoms with Crippen LogP contribution in [0.2, 0.25) is 0 Å². The van der Waals surface area contributed by atoms with Crippen molar-refractivity contribution >= 4 is 5.69 Å². The standard InChI is InChI=1S/C12H16N2/c1-8-4-11(2-3-13-8)14-12-6-9-5-10(9)7-12/h2-4,9-10,12H,5-7H2,1H3,(H,13,14). The van der Waals surface area contributed by atoms with Crippen molar-refractivity contribution in [1.82, 2.24) is 4.98 Å². The summed E-state index contributed by atoms with van der Waals surface area (Å²) >= 11 is 0. The number of nitrogens with zero attached hydrogens (tertiary/aromatic N) is 1. The molecule has 0 radical (unpaired) electrons. The van der Waals surface area contributed by atoms with E-state index in [4.69, 9.17) is 0 Å². The van der Waals surface area contributed by atoms with Crippen molar-refractivity contribution in [2.24, 2.45) is 11.8 Å². The zero-order valence-corrected chi connectivity index (χ0v) is 8.53. The van der Waals surface area contributed by atoms with Gasteiger partial charge in [-0.2, -0.15) is 0 Å². The summed E-state index contributed by atoms with van der Waals surface area (Å²) in [6.07, 6.45) is 6.14. The summed E-state index contributed by atoms with van der Waals surface area (Å²) in [5.74, 6) is 2.10. The van der Waals surface area contributed by atoms with Crippen LogP contribution in [0.4, 0.5) is 5.69 Å². The van der Waals surface area contributed by atoms with Crippen molar-refractivity contribution in [1.29, 1.82) is 0 Å². The first-order chi connectivity index (χ1) is 6.81. The predicted octanol–water partition coefficient (Wildman–Crippen LogP) is 2.60. The van der Waals surface area contributed by atoms with E-state index >= 15 is 0 Å². The van der Waals surface area contributed by atoms with Crippen molar-refractivity contribution in [3.05, 3.63) is 24.0 Å². The van der Waals surface area contributed by atoms with E-state index in [9.17, 15) is 0 Å². The quantitative estimate of drug-likeness (QED) is 0.771. The summed E-state index contributed by atoms with van der Waals surface area (Å²) in [7, 11) is 0. The molecule has 0 aromatic carbocycles. The highest BCUT2D eigenvalue weighted by atomic mass is 14.9. The summed E-state index contributed by atoms with van der Waals surface area (Å²) in [4.78, 5) is 4.20. The molecule has 2 nitrogen and oxygen atoms in total. The molecule has 1 aromatic heterocycles. The van der Waals surface area contributed by atoms with Crippen LogP contribution in [0.1, 0.15) is 25.0 Å². The van der Waals surface area contributed by atoms with E-state index in [-0.39, 0.29) is 0 Å². The van der Waals surface area contributed by atoms with Gasteiger partial charge in [0.15, 0.2) is 0 Å². The van der Waals surface area contributed by atoms with Crippen molar-refractivity contribution in [3.63, 3.8) is 0 Å². The number of aryl methyl sites for hydroxylation is 1. The van der Waals surface area contributed by atoms with E-state index < -0.39 is 0 Å². The lowest BCUT2D eigenvalue weighted by Gasteiger charge is -2.15. The minimum Gasteiger partial charge on any atom is -0.382 e. The monoisotopic (exact) mass is 188 g/mol. The van der Waals surface area contributed by atoms with Crippen LogP contribution >= 0.6 is 0 Å². The van der Waals surface area contributed by atoms with Gasteiger partial charge in [-0.25, -0.2) is 0 Å². The molecule has 1 aromatic rings. The molecule has 1 heterocycles. The highest BCUT2D eigenvalue weighted by Gasteiger charge is 2.45. The molecule has 2 unspecified atom stereocenters. The maximum absolute atomic E-state index is 4.20. The molecule has 0 amide bonds. The van der Waals surface area contributed by atoms with Gasteiger partial charge in [0.25, 0.3) is 0 Å². The highest BCUT2D eigenvalue weighted by molar-refractivity contribution is 5.44. The van der Waals surface area contributed by atoms with Gasteiger partial charge in [-0.1, -0.05) is 0 Å². The van der Waals surface area contributed by atoms with E-state index in [2.05, 4.69) is 22.4 Å². The van der Waals surface area contributed by atoms with Crippen LogP contribution in [0, 0.1) is 18.8 Å². The molecule has 14 heavy (non-hydrogen) atoms. The summed E-state index contributed by atoms with van der Waals surface area (Å²) < 4.78 is 0. The normalized spacial score (nSPS) is 33.9. The number of aromatic nitrogens is 1. The SMILES string of the molecule is Cc1cc(NC2CC3CC3C2)ccn1. The Kier molecular flexibility index (Phi) is 1.76. The number of nitrogens with one attached hydrogen (secondary N) is 1. The topological polar surface area (TPSA) is 24.9 Å². The summed E-state index contributed by atoms with van der Waals surface area (Å²) in [6.45, 7) is 2.04. The van der Waals surface area contributed by atoms with Gasteiger partial charge in [0.1, 0.15) is 0 Å². The number of hydrogen-bond acceptors (Lipinski definition) is 2. The van der Waals surface area contributed by atoms with Crippen LogP contribution in [0.3, 0.4) is 0 Å². The molecule has 2 fully saturated rings. The number of pyridine rings is 1. The van der Waals surface area contributed by atoms with Gasteiger partial charge in [0.05, 0.1) is 0 Å². The van der Waals surface area contributed by atoms with Gasteiger partial charge in [-0.3, -0.25) is 4.98 Å². The van der Waals surface area contributed by atoms with Gasteiger partial charge < -0.3 is 5.32 Å². The average molecular weight is 188 g/mol. The Morgan fingerprint density at radius 1 is 1.29 bits per heavy atom. The predicted molar refractivity (Wildman–Crippen MR) is 57.2 cm³/mol. The second kappa shape index (κ2) is 2.97. The van der Waals surface area contributed by atoms with E-state index in [0.717, 1.165) is 23.6 Å². The van der Waals surface area contributed by atoms with Crippen molar-refractivity contribution in [2.45, 2.75) is 32.2 Å². The first kappa shape index (κ1) is 8.27. The zero-order valence-electron chi connectivity index (χ0n) is 8.53.